The molecular formula is C24H23N3O2. The third-order valence-electron chi connectivity index (χ3n) is 5.02. The van der Waals surface area contributed by atoms with E-state index in [0.29, 0.717) is 12.1 Å². The van der Waals surface area contributed by atoms with Crippen molar-refractivity contribution in [3.05, 3.63) is 89.2 Å². The second-order valence-electron chi connectivity index (χ2n) is 7.14. The van der Waals surface area contributed by atoms with E-state index in [-0.39, 0.29) is 5.91 Å². The fourth-order valence-electron chi connectivity index (χ4n) is 3.39. The van der Waals surface area contributed by atoms with Crippen LogP contribution in [0.4, 0.5) is 0 Å². The maximum absolute atomic E-state index is 12.6. The van der Waals surface area contributed by atoms with Crippen LogP contribution in [0.3, 0.4) is 0 Å². The highest BCUT2D eigenvalue weighted by Crippen LogP contribution is 2.23. The van der Waals surface area contributed by atoms with E-state index in [4.69, 9.17) is 4.74 Å². The molecule has 0 aliphatic rings. The number of amides is 1. The normalized spacial score (nSPS) is 10.9. The molecule has 5 heteroatoms. The number of carbonyl (C=O) groups excluding carboxylic acids is 1. The van der Waals surface area contributed by atoms with Crippen molar-refractivity contribution >= 4 is 16.9 Å². The van der Waals surface area contributed by atoms with Crippen LogP contribution in [0, 0.1) is 13.8 Å². The predicted octanol–water partition coefficient (Wildman–Crippen LogP) is 4.58. The Morgan fingerprint density at radius 3 is 2.76 bits per heavy atom. The number of rotatable bonds is 5. The summed E-state index contributed by atoms with van der Waals surface area (Å²) < 4.78 is 7.29. The van der Waals surface area contributed by atoms with Crippen LogP contribution in [-0.4, -0.2) is 22.6 Å². The molecule has 0 aliphatic heterocycles. The summed E-state index contributed by atoms with van der Waals surface area (Å²) in [6, 6.07) is 19.6. The quantitative estimate of drug-likeness (QED) is 0.547. The maximum atomic E-state index is 12.6. The third-order valence-corrected chi connectivity index (χ3v) is 5.02. The molecule has 5 nitrogen and oxygen atoms in total. The fourth-order valence-corrected chi connectivity index (χ4v) is 3.39. The highest BCUT2D eigenvalue weighted by atomic mass is 16.5. The lowest BCUT2D eigenvalue weighted by Crippen LogP contribution is -2.22. The van der Waals surface area contributed by atoms with Crippen molar-refractivity contribution in [1.82, 2.24) is 14.9 Å². The van der Waals surface area contributed by atoms with E-state index in [1.807, 2.05) is 48.8 Å². The molecule has 1 aromatic heterocycles. The van der Waals surface area contributed by atoms with Gasteiger partial charge in [0.1, 0.15) is 12.1 Å². The van der Waals surface area contributed by atoms with E-state index in [1.54, 1.807) is 7.11 Å². The highest BCUT2D eigenvalue weighted by Gasteiger charge is 2.11. The average molecular weight is 385 g/mol. The summed E-state index contributed by atoms with van der Waals surface area (Å²) in [6.45, 7) is 4.60. The number of nitrogens with zero attached hydrogens (tertiary/aromatic N) is 2. The van der Waals surface area contributed by atoms with Crippen molar-refractivity contribution < 1.29 is 9.53 Å². The third kappa shape index (κ3) is 3.85. The van der Waals surface area contributed by atoms with E-state index in [0.717, 1.165) is 28.0 Å². The summed E-state index contributed by atoms with van der Waals surface area (Å²) in [5, 5.41) is 2.96. The van der Waals surface area contributed by atoms with E-state index < -0.39 is 0 Å². The Kier molecular flexibility index (Phi) is 5.04. The van der Waals surface area contributed by atoms with Gasteiger partial charge in [-0.3, -0.25) is 9.36 Å². The van der Waals surface area contributed by atoms with Crippen molar-refractivity contribution in [3.8, 4) is 11.4 Å². The van der Waals surface area contributed by atoms with E-state index >= 15 is 0 Å². The number of benzene rings is 3. The Bertz CT molecular complexity index is 1190. The number of hydrogen-bond donors (Lipinski definition) is 1. The van der Waals surface area contributed by atoms with Crippen LogP contribution in [0.25, 0.3) is 16.7 Å². The standard InChI is InChI=1S/C24H23N3O2/c1-16-7-8-17(2)23(11-16)27-15-26-21-13-19(9-10-22(21)27)24(28)25-14-18-5-4-6-20(12-18)29-3/h4-13,15H,14H2,1-3H3,(H,25,28). The molecule has 3 aromatic carbocycles. The molecule has 0 atom stereocenters. The molecule has 0 spiro atoms. The van der Waals surface area contributed by atoms with Crippen molar-refractivity contribution in [3.63, 3.8) is 0 Å². The number of fused-ring (bicyclic) bond motifs is 1. The zero-order valence-corrected chi connectivity index (χ0v) is 16.8. The summed E-state index contributed by atoms with van der Waals surface area (Å²) in [7, 11) is 1.63. The fraction of sp³-hybridized carbons (Fsp3) is 0.167. The molecule has 0 saturated heterocycles. The highest BCUT2D eigenvalue weighted by molar-refractivity contribution is 5.97. The molecule has 0 radical (unpaired) electrons. The van der Waals surface area contributed by atoms with Crippen LogP contribution < -0.4 is 10.1 Å². The van der Waals surface area contributed by atoms with Gasteiger partial charge in [-0.1, -0.05) is 24.3 Å². The van der Waals surface area contributed by atoms with E-state index in [2.05, 4.69) is 46.9 Å². The summed E-state index contributed by atoms with van der Waals surface area (Å²) in [4.78, 5) is 17.1. The van der Waals surface area contributed by atoms with Gasteiger partial charge in [0.05, 0.1) is 23.8 Å². The molecule has 0 aliphatic carbocycles. The minimum absolute atomic E-state index is 0.129. The summed E-state index contributed by atoms with van der Waals surface area (Å²) in [5.74, 6) is 0.645. The van der Waals surface area contributed by atoms with Crippen LogP contribution in [0.1, 0.15) is 27.0 Å². The predicted molar refractivity (Wildman–Crippen MR) is 115 cm³/mol. The van der Waals surface area contributed by atoms with Gasteiger partial charge >= 0.3 is 0 Å². The van der Waals surface area contributed by atoms with Gasteiger partial charge in [0, 0.05) is 12.1 Å². The van der Waals surface area contributed by atoms with Gasteiger partial charge < -0.3 is 10.1 Å². The molecule has 0 bridgehead atoms. The zero-order valence-electron chi connectivity index (χ0n) is 16.8. The van der Waals surface area contributed by atoms with Crippen LogP contribution in [0.15, 0.2) is 67.0 Å². The van der Waals surface area contributed by atoms with Gasteiger partial charge in [0.2, 0.25) is 0 Å². The minimum atomic E-state index is -0.129. The maximum Gasteiger partial charge on any atom is 0.251 e. The molecule has 146 valence electrons. The Hall–Kier alpha value is -3.60. The van der Waals surface area contributed by atoms with E-state index in [1.165, 1.54) is 11.1 Å². The summed E-state index contributed by atoms with van der Waals surface area (Å²) in [6.07, 6.45) is 1.81. The lowest BCUT2D eigenvalue weighted by molar-refractivity contribution is 0.0951. The van der Waals surface area contributed by atoms with Gasteiger partial charge in [-0.2, -0.15) is 0 Å². The molecule has 1 amide bonds. The Balaban J connectivity index is 1.56. The molecule has 4 rings (SSSR count). The molecule has 0 saturated carbocycles. The smallest absolute Gasteiger partial charge is 0.251 e. The van der Waals surface area contributed by atoms with Crippen molar-refractivity contribution in [2.75, 3.05) is 7.11 Å². The Morgan fingerprint density at radius 1 is 1.07 bits per heavy atom. The van der Waals surface area contributed by atoms with Gasteiger partial charge in [-0.15, -0.1) is 0 Å². The number of aromatic nitrogens is 2. The average Bonchev–Trinajstić information content (AvgIpc) is 3.17. The monoisotopic (exact) mass is 385 g/mol. The van der Waals surface area contributed by atoms with Crippen molar-refractivity contribution in [2.45, 2.75) is 20.4 Å². The molecule has 4 aromatic rings. The Morgan fingerprint density at radius 2 is 1.93 bits per heavy atom. The SMILES string of the molecule is COc1cccc(CNC(=O)c2ccc3c(c2)ncn3-c2cc(C)ccc2C)c1. The number of aryl methyl sites for hydroxylation is 2. The van der Waals surface area contributed by atoms with Crippen LogP contribution in [-0.2, 0) is 6.54 Å². The lowest BCUT2D eigenvalue weighted by atomic mass is 10.1. The second kappa shape index (κ2) is 7.80. The molecule has 0 unspecified atom stereocenters. The first-order valence-corrected chi connectivity index (χ1v) is 9.51. The minimum Gasteiger partial charge on any atom is -0.497 e. The van der Waals surface area contributed by atoms with Gasteiger partial charge in [0.15, 0.2) is 0 Å². The van der Waals surface area contributed by atoms with Crippen molar-refractivity contribution in [2.24, 2.45) is 0 Å². The van der Waals surface area contributed by atoms with Gasteiger partial charge in [-0.25, -0.2) is 4.98 Å². The summed E-state index contributed by atoms with van der Waals surface area (Å²) in [5.41, 5.74) is 6.81. The number of imidazole rings is 1. The molecule has 1 N–H and O–H groups in total. The first-order chi connectivity index (χ1) is 14.0. The number of carbonyl (C=O) groups is 1. The molecule has 0 fully saturated rings. The topological polar surface area (TPSA) is 56.1 Å². The molecular weight excluding hydrogens is 362 g/mol. The Labute approximate surface area is 170 Å². The second-order valence-corrected chi connectivity index (χ2v) is 7.14. The van der Waals surface area contributed by atoms with Crippen LogP contribution in [0.2, 0.25) is 0 Å². The summed E-state index contributed by atoms with van der Waals surface area (Å²) >= 11 is 0. The number of nitrogens with one attached hydrogen (secondary N) is 1. The number of methoxy groups -OCH3 is 1. The number of ether oxygens (including phenoxy) is 1. The first kappa shape index (κ1) is 18.7. The largest absolute Gasteiger partial charge is 0.497 e. The van der Waals surface area contributed by atoms with Crippen molar-refractivity contribution in [1.29, 1.82) is 0 Å². The van der Waals surface area contributed by atoms with E-state index in [9.17, 15) is 4.79 Å². The van der Waals surface area contributed by atoms with Crippen LogP contribution in [0.5, 0.6) is 5.75 Å². The lowest BCUT2D eigenvalue weighted by Gasteiger charge is -2.10. The van der Waals surface area contributed by atoms with Gasteiger partial charge in [0.25, 0.3) is 5.91 Å². The van der Waals surface area contributed by atoms with Gasteiger partial charge in [-0.05, 0) is 66.9 Å². The first-order valence-electron chi connectivity index (χ1n) is 9.51. The molecule has 29 heavy (non-hydrogen) atoms. The number of hydrogen-bond acceptors (Lipinski definition) is 3. The molecule has 1 heterocycles. The zero-order chi connectivity index (χ0) is 20.4. The van der Waals surface area contributed by atoms with Crippen LogP contribution >= 0.6 is 0 Å².